The number of aromatic hydroxyl groups is 1. The van der Waals surface area contributed by atoms with Crippen molar-refractivity contribution in [2.24, 2.45) is 0 Å². The minimum absolute atomic E-state index is 0.0663. The normalized spacial score (nSPS) is 9.31. The van der Waals surface area contributed by atoms with Gasteiger partial charge in [-0.15, -0.1) is 0 Å². The highest BCUT2D eigenvalue weighted by atomic mass is 16.5. The molecule has 16 heavy (non-hydrogen) atoms. The zero-order valence-corrected chi connectivity index (χ0v) is 8.98. The van der Waals surface area contributed by atoms with E-state index in [4.69, 9.17) is 14.7 Å². The van der Waals surface area contributed by atoms with E-state index < -0.39 is 5.97 Å². The molecule has 1 aromatic rings. The molecule has 1 aromatic carbocycles. The molecule has 0 aliphatic carbocycles. The van der Waals surface area contributed by atoms with E-state index in [1.807, 2.05) is 6.07 Å². The van der Waals surface area contributed by atoms with E-state index in [2.05, 4.69) is 0 Å². The molecule has 0 unspecified atom stereocenters. The van der Waals surface area contributed by atoms with Gasteiger partial charge in [-0.3, -0.25) is 0 Å². The summed E-state index contributed by atoms with van der Waals surface area (Å²) >= 11 is 0. The van der Waals surface area contributed by atoms with Gasteiger partial charge in [0.05, 0.1) is 25.3 Å². The molecule has 5 heteroatoms. The van der Waals surface area contributed by atoms with Crippen LogP contribution < -0.4 is 4.74 Å². The molecule has 84 valence electrons. The van der Waals surface area contributed by atoms with Crippen molar-refractivity contribution in [2.75, 3.05) is 13.7 Å². The Balaban J connectivity index is 3.28. The SMILES string of the molecule is CCOC(=O)c1c(O)cc(C#N)cc1OC. The van der Waals surface area contributed by atoms with Crippen LogP contribution in [0.1, 0.15) is 22.8 Å². The molecule has 0 fully saturated rings. The van der Waals surface area contributed by atoms with Crippen LogP contribution in [-0.2, 0) is 4.74 Å². The molecule has 0 saturated carbocycles. The zero-order valence-electron chi connectivity index (χ0n) is 8.98. The highest BCUT2D eigenvalue weighted by molar-refractivity contribution is 5.95. The van der Waals surface area contributed by atoms with Gasteiger partial charge < -0.3 is 14.6 Å². The van der Waals surface area contributed by atoms with Gasteiger partial charge in [-0.05, 0) is 19.1 Å². The molecule has 0 aliphatic heterocycles. The van der Waals surface area contributed by atoms with E-state index in [-0.39, 0.29) is 29.2 Å². The summed E-state index contributed by atoms with van der Waals surface area (Å²) in [6, 6.07) is 4.40. The number of carbonyl (C=O) groups excluding carboxylic acids is 1. The molecule has 0 radical (unpaired) electrons. The van der Waals surface area contributed by atoms with Crippen LogP contribution in [-0.4, -0.2) is 24.8 Å². The lowest BCUT2D eigenvalue weighted by molar-refractivity contribution is 0.0519. The first kappa shape index (κ1) is 11.9. The summed E-state index contributed by atoms with van der Waals surface area (Å²) in [5.41, 5.74) is 0.144. The van der Waals surface area contributed by atoms with Crippen LogP contribution in [0.15, 0.2) is 12.1 Å². The minimum atomic E-state index is -0.679. The van der Waals surface area contributed by atoms with Crippen LogP contribution in [0.25, 0.3) is 0 Å². The standard InChI is InChI=1S/C11H11NO4/c1-3-16-11(14)10-8(13)4-7(6-12)5-9(10)15-2/h4-5,13H,3H2,1-2H3. The third-order valence-electron chi connectivity index (χ3n) is 1.91. The molecule has 1 N–H and O–H groups in total. The maximum Gasteiger partial charge on any atom is 0.345 e. The Kier molecular flexibility index (Phi) is 3.72. The van der Waals surface area contributed by atoms with Crippen molar-refractivity contribution in [3.8, 4) is 17.6 Å². The molecule has 0 amide bonds. The van der Waals surface area contributed by atoms with E-state index in [1.54, 1.807) is 6.92 Å². The fraction of sp³-hybridized carbons (Fsp3) is 0.273. The molecule has 5 nitrogen and oxygen atoms in total. The summed E-state index contributed by atoms with van der Waals surface area (Å²) in [5.74, 6) is -0.884. The molecule has 0 aliphatic rings. The average molecular weight is 221 g/mol. The largest absolute Gasteiger partial charge is 0.507 e. The maximum atomic E-state index is 11.5. The quantitative estimate of drug-likeness (QED) is 0.781. The summed E-state index contributed by atoms with van der Waals surface area (Å²) in [4.78, 5) is 11.5. The van der Waals surface area contributed by atoms with Gasteiger partial charge in [-0.25, -0.2) is 4.79 Å². The van der Waals surface area contributed by atoms with Gasteiger partial charge in [0.15, 0.2) is 0 Å². The molecular formula is C11H11NO4. The Labute approximate surface area is 92.8 Å². The molecule has 0 saturated heterocycles. The van der Waals surface area contributed by atoms with E-state index in [9.17, 15) is 9.90 Å². The van der Waals surface area contributed by atoms with Crippen LogP contribution >= 0.6 is 0 Å². The van der Waals surface area contributed by atoms with Crippen LogP contribution in [0, 0.1) is 11.3 Å². The highest BCUT2D eigenvalue weighted by Gasteiger charge is 2.19. The lowest BCUT2D eigenvalue weighted by Crippen LogP contribution is -2.07. The highest BCUT2D eigenvalue weighted by Crippen LogP contribution is 2.30. The van der Waals surface area contributed by atoms with Crippen LogP contribution in [0.4, 0.5) is 0 Å². The number of ether oxygens (including phenoxy) is 2. The fourth-order valence-corrected chi connectivity index (χ4v) is 1.23. The van der Waals surface area contributed by atoms with Gasteiger partial charge >= 0.3 is 5.97 Å². The average Bonchev–Trinajstić information content (AvgIpc) is 2.27. The molecule has 0 aromatic heterocycles. The predicted octanol–water partition coefficient (Wildman–Crippen LogP) is 1.45. The summed E-state index contributed by atoms with van der Waals surface area (Å²) in [6.07, 6.45) is 0. The van der Waals surface area contributed by atoms with Gasteiger partial charge in [-0.2, -0.15) is 5.26 Å². The second kappa shape index (κ2) is 5.03. The topological polar surface area (TPSA) is 79.5 Å². The number of rotatable bonds is 3. The summed E-state index contributed by atoms with van der Waals surface area (Å²) in [7, 11) is 1.35. The van der Waals surface area contributed by atoms with Gasteiger partial charge in [0.25, 0.3) is 0 Å². The number of benzene rings is 1. The summed E-state index contributed by atoms with van der Waals surface area (Å²) in [6.45, 7) is 1.85. The Hall–Kier alpha value is -2.22. The van der Waals surface area contributed by atoms with Crippen molar-refractivity contribution >= 4 is 5.97 Å². The lowest BCUT2D eigenvalue weighted by Gasteiger charge is -2.09. The van der Waals surface area contributed by atoms with Crippen molar-refractivity contribution in [3.05, 3.63) is 23.3 Å². The fourth-order valence-electron chi connectivity index (χ4n) is 1.23. The summed E-state index contributed by atoms with van der Waals surface area (Å²) in [5, 5.41) is 18.3. The Morgan fingerprint density at radius 3 is 2.75 bits per heavy atom. The van der Waals surface area contributed by atoms with Gasteiger partial charge in [0, 0.05) is 0 Å². The van der Waals surface area contributed by atoms with Crippen LogP contribution in [0.2, 0.25) is 0 Å². The first-order valence-electron chi connectivity index (χ1n) is 4.62. The van der Waals surface area contributed by atoms with E-state index >= 15 is 0 Å². The first-order chi connectivity index (χ1) is 7.63. The van der Waals surface area contributed by atoms with Gasteiger partial charge in [0.1, 0.15) is 17.1 Å². The second-order valence-corrected chi connectivity index (χ2v) is 2.90. The van der Waals surface area contributed by atoms with Gasteiger partial charge in [0.2, 0.25) is 0 Å². The number of nitriles is 1. The van der Waals surface area contributed by atoms with E-state index in [1.165, 1.54) is 19.2 Å². The van der Waals surface area contributed by atoms with Crippen LogP contribution in [0.3, 0.4) is 0 Å². The number of methoxy groups -OCH3 is 1. The first-order valence-corrected chi connectivity index (χ1v) is 4.62. The lowest BCUT2D eigenvalue weighted by atomic mass is 10.1. The Morgan fingerprint density at radius 2 is 2.25 bits per heavy atom. The predicted molar refractivity (Wildman–Crippen MR) is 55.3 cm³/mol. The molecular weight excluding hydrogens is 210 g/mol. The number of carbonyl (C=O) groups is 1. The zero-order chi connectivity index (χ0) is 12.1. The third-order valence-corrected chi connectivity index (χ3v) is 1.91. The van der Waals surface area contributed by atoms with Crippen molar-refractivity contribution in [1.82, 2.24) is 0 Å². The van der Waals surface area contributed by atoms with Crippen molar-refractivity contribution in [1.29, 1.82) is 5.26 Å². The van der Waals surface area contributed by atoms with Crippen molar-refractivity contribution < 1.29 is 19.4 Å². The number of hydrogen-bond acceptors (Lipinski definition) is 5. The molecule has 0 heterocycles. The third kappa shape index (κ3) is 2.23. The van der Waals surface area contributed by atoms with Crippen molar-refractivity contribution in [2.45, 2.75) is 6.92 Å². The molecule has 1 rings (SSSR count). The smallest absolute Gasteiger partial charge is 0.345 e. The van der Waals surface area contributed by atoms with Crippen molar-refractivity contribution in [3.63, 3.8) is 0 Å². The number of phenolic OH excluding ortho intramolecular Hbond substituents is 1. The molecule has 0 spiro atoms. The van der Waals surface area contributed by atoms with Crippen LogP contribution in [0.5, 0.6) is 11.5 Å². The Morgan fingerprint density at radius 1 is 1.56 bits per heavy atom. The number of phenols is 1. The summed E-state index contributed by atoms with van der Waals surface area (Å²) < 4.78 is 9.69. The van der Waals surface area contributed by atoms with Gasteiger partial charge in [-0.1, -0.05) is 0 Å². The number of nitrogens with zero attached hydrogens (tertiary/aromatic N) is 1. The number of esters is 1. The molecule has 0 bridgehead atoms. The van der Waals surface area contributed by atoms with E-state index in [0.717, 1.165) is 0 Å². The maximum absolute atomic E-state index is 11.5. The minimum Gasteiger partial charge on any atom is -0.507 e. The molecule has 0 atom stereocenters. The Bertz CT molecular complexity index is 448. The monoisotopic (exact) mass is 221 g/mol. The van der Waals surface area contributed by atoms with E-state index in [0.29, 0.717) is 0 Å². The second-order valence-electron chi connectivity index (χ2n) is 2.90. The number of hydrogen-bond donors (Lipinski definition) is 1.